The van der Waals surface area contributed by atoms with Gasteiger partial charge in [-0.15, -0.1) is 11.3 Å². The number of furan rings is 1. The molecule has 0 amide bonds. The van der Waals surface area contributed by atoms with Crippen LogP contribution >= 0.6 is 11.3 Å². The maximum Gasteiger partial charge on any atom is 0.103 e. The summed E-state index contributed by atoms with van der Waals surface area (Å²) in [6.07, 6.45) is 6.84. The predicted molar refractivity (Wildman–Crippen MR) is 64.2 cm³/mol. The highest BCUT2D eigenvalue weighted by atomic mass is 32.1. The average molecular weight is 223 g/mol. The zero-order valence-corrected chi connectivity index (χ0v) is 10.1. The van der Waals surface area contributed by atoms with E-state index in [0.29, 0.717) is 0 Å². The quantitative estimate of drug-likeness (QED) is 0.787. The Balaban J connectivity index is 0.000000151. The molecule has 0 aliphatic carbocycles. The zero-order chi connectivity index (χ0) is 10.9. The lowest BCUT2D eigenvalue weighted by Gasteiger charge is -1.85. The molecular weight excluding hydrogens is 206 g/mol. The number of hydrogen-bond donors (Lipinski definition) is 0. The van der Waals surface area contributed by atoms with Gasteiger partial charge in [0.1, 0.15) is 5.76 Å². The fourth-order valence-electron chi connectivity index (χ4n) is 1.13. The summed E-state index contributed by atoms with van der Waals surface area (Å²) < 4.78 is 5.07. The minimum Gasteiger partial charge on any atom is -0.469 e. The average Bonchev–Trinajstić information content (AvgIpc) is 2.91. The Bertz CT molecular complexity index is 326. The Morgan fingerprint density at radius 1 is 1.40 bits per heavy atom. The third kappa shape index (κ3) is 4.79. The van der Waals surface area contributed by atoms with E-state index >= 15 is 0 Å². The zero-order valence-electron chi connectivity index (χ0n) is 9.27. The van der Waals surface area contributed by atoms with Crippen LogP contribution in [0, 0.1) is 0 Å². The van der Waals surface area contributed by atoms with Crippen molar-refractivity contribution in [2.75, 3.05) is 0 Å². The highest BCUT2D eigenvalue weighted by molar-refractivity contribution is 7.09. The Labute approximate surface area is 95.0 Å². The molecule has 0 N–H and O–H groups in total. The number of rotatable bonds is 3. The molecule has 2 aromatic heterocycles. The van der Waals surface area contributed by atoms with Crippen molar-refractivity contribution in [3.8, 4) is 0 Å². The molecule has 0 saturated carbocycles. The summed E-state index contributed by atoms with van der Waals surface area (Å²) >= 11 is 1.71. The first kappa shape index (κ1) is 12.0. The molecule has 0 aliphatic rings. The van der Waals surface area contributed by atoms with Crippen molar-refractivity contribution >= 4 is 11.3 Å². The molecule has 3 heteroatoms. The normalized spacial score (nSPS) is 9.47. The third-order valence-electron chi connectivity index (χ3n) is 1.86. The van der Waals surface area contributed by atoms with Gasteiger partial charge in [-0.3, -0.25) is 0 Å². The highest BCUT2D eigenvalue weighted by Gasteiger charge is 1.88. The number of aryl methyl sites for hydroxylation is 2. The van der Waals surface area contributed by atoms with E-state index < -0.39 is 0 Å². The lowest BCUT2D eigenvalue weighted by Crippen LogP contribution is -1.73. The maximum atomic E-state index is 5.07. The number of thiazole rings is 1. The topological polar surface area (TPSA) is 26.0 Å². The van der Waals surface area contributed by atoms with Crippen molar-refractivity contribution < 1.29 is 4.42 Å². The van der Waals surface area contributed by atoms with Crippen LogP contribution in [0.4, 0.5) is 0 Å². The van der Waals surface area contributed by atoms with Crippen LogP contribution in [0.25, 0.3) is 0 Å². The van der Waals surface area contributed by atoms with Gasteiger partial charge < -0.3 is 4.42 Å². The number of hydrogen-bond acceptors (Lipinski definition) is 3. The molecular formula is C12H17NOS. The molecule has 2 aromatic rings. The standard InChI is InChI=1S/C7H10O.C5H7NS/c1-2-4-7-5-3-6-8-7;1-2-5-6-3-4-7-5/h3,5-6H,2,4H2,1H3;3-4H,2H2,1H3. The van der Waals surface area contributed by atoms with E-state index in [-0.39, 0.29) is 0 Å². The van der Waals surface area contributed by atoms with E-state index in [1.54, 1.807) is 17.6 Å². The first-order chi connectivity index (χ1) is 7.36. The molecule has 0 aromatic carbocycles. The molecule has 2 nitrogen and oxygen atoms in total. The van der Waals surface area contributed by atoms with E-state index in [9.17, 15) is 0 Å². The molecule has 0 atom stereocenters. The molecule has 82 valence electrons. The molecule has 0 unspecified atom stereocenters. The van der Waals surface area contributed by atoms with Crippen LogP contribution in [0.1, 0.15) is 31.0 Å². The lowest BCUT2D eigenvalue weighted by atomic mass is 10.3. The van der Waals surface area contributed by atoms with Crippen LogP contribution in [0.5, 0.6) is 0 Å². The second-order valence-electron chi connectivity index (χ2n) is 3.11. The minimum absolute atomic E-state index is 1.06. The first-order valence-electron chi connectivity index (χ1n) is 5.27. The fourth-order valence-corrected chi connectivity index (χ4v) is 1.70. The van der Waals surface area contributed by atoms with Crippen LogP contribution in [0.15, 0.2) is 34.4 Å². The second-order valence-corrected chi connectivity index (χ2v) is 4.09. The van der Waals surface area contributed by atoms with E-state index in [2.05, 4.69) is 18.8 Å². The van der Waals surface area contributed by atoms with Crippen LogP contribution in [0.3, 0.4) is 0 Å². The molecule has 0 saturated heterocycles. The van der Waals surface area contributed by atoms with Gasteiger partial charge >= 0.3 is 0 Å². The summed E-state index contributed by atoms with van der Waals surface area (Å²) in [5.74, 6) is 1.09. The van der Waals surface area contributed by atoms with Gasteiger partial charge in [-0.1, -0.05) is 13.8 Å². The molecule has 0 spiro atoms. The van der Waals surface area contributed by atoms with Crippen molar-refractivity contribution in [2.45, 2.75) is 33.1 Å². The van der Waals surface area contributed by atoms with E-state index in [4.69, 9.17) is 4.42 Å². The van der Waals surface area contributed by atoms with Crippen molar-refractivity contribution in [2.24, 2.45) is 0 Å². The van der Waals surface area contributed by atoms with Crippen molar-refractivity contribution in [3.63, 3.8) is 0 Å². The molecule has 0 aliphatic heterocycles. The molecule has 15 heavy (non-hydrogen) atoms. The van der Waals surface area contributed by atoms with E-state index in [0.717, 1.165) is 25.0 Å². The van der Waals surface area contributed by atoms with Crippen molar-refractivity contribution in [3.05, 3.63) is 40.7 Å². The Morgan fingerprint density at radius 3 is 2.67 bits per heavy atom. The molecule has 0 fully saturated rings. The third-order valence-corrected chi connectivity index (χ3v) is 2.79. The van der Waals surface area contributed by atoms with E-state index in [1.165, 1.54) is 5.01 Å². The fraction of sp³-hybridized carbons (Fsp3) is 0.417. The molecule has 2 rings (SSSR count). The van der Waals surface area contributed by atoms with Gasteiger partial charge in [0.05, 0.1) is 11.3 Å². The van der Waals surface area contributed by atoms with Gasteiger partial charge in [0.15, 0.2) is 0 Å². The first-order valence-corrected chi connectivity index (χ1v) is 6.15. The van der Waals surface area contributed by atoms with Crippen LogP contribution in [-0.2, 0) is 12.8 Å². The summed E-state index contributed by atoms with van der Waals surface area (Å²) in [6.45, 7) is 4.25. The second kappa shape index (κ2) is 7.23. The van der Waals surface area contributed by atoms with Crippen LogP contribution in [-0.4, -0.2) is 4.98 Å². The van der Waals surface area contributed by atoms with Crippen LogP contribution < -0.4 is 0 Å². The Kier molecular flexibility index (Phi) is 5.78. The van der Waals surface area contributed by atoms with E-state index in [1.807, 2.05) is 23.7 Å². The maximum absolute atomic E-state index is 5.07. The molecule has 2 heterocycles. The van der Waals surface area contributed by atoms with Gasteiger partial charge in [0.2, 0.25) is 0 Å². The van der Waals surface area contributed by atoms with Gasteiger partial charge in [-0.25, -0.2) is 4.98 Å². The van der Waals surface area contributed by atoms with Gasteiger partial charge in [-0.2, -0.15) is 0 Å². The van der Waals surface area contributed by atoms with Gasteiger partial charge in [0, 0.05) is 18.0 Å². The minimum atomic E-state index is 1.06. The number of aromatic nitrogens is 1. The Morgan fingerprint density at radius 2 is 2.27 bits per heavy atom. The van der Waals surface area contributed by atoms with Crippen LogP contribution in [0.2, 0.25) is 0 Å². The lowest BCUT2D eigenvalue weighted by molar-refractivity contribution is 0.506. The van der Waals surface area contributed by atoms with Crippen molar-refractivity contribution in [1.29, 1.82) is 0 Å². The SMILES string of the molecule is CCCc1ccco1.CCc1nccs1. The summed E-state index contributed by atoms with van der Waals surface area (Å²) in [6, 6.07) is 3.93. The summed E-state index contributed by atoms with van der Waals surface area (Å²) in [7, 11) is 0. The highest BCUT2D eigenvalue weighted by Crippen LogP contribution is 2.02. The van der Waals surface area contributed by atoms with Gasteiger partial charge in [-0.05, 0) is 25.0 Å². The smallest absolute Gasteiger partial charge is 0.103 e. The predicted octanol–water partition coefficient (Wildman–Crippen LogP) is 3.94. The summed E-state index contributed by atoms with van der Waals surface area (Å²) in [4.78, 5) is 4.05. The molecule has 0 radical (unpaired) electrons. The van der Waals surface area contributed by atoms with Gasteiger partial charge in [0.25, 0.3) is 0 Å². The largest absolute Gasteiger partial charge is 0.469 e. The summed E-state index contributed by atoms with van der Waals surface area (Å²) in [5, 5.41) is 3.22. The van der Waals surface area contributed by atoms with Crippen molar-refractivity contribution in [1.82, 2.24) is 4.98 Å². The Hall–Kier alpha value is -1.09. The summed E-state index contributed by atoms with van der Waals surface area (Å²) in [5.41, 5.74) is 0. The molecule has 0 bridgehead atoms. The monoisotopic (exact) mass is 223 g/mol. The number of nitrogens with zero attached hydrogens (tertiary/aromatic N) is 1.